The molecule has 0 saturated heterocycles. The van der Waals surface area contributed by atoms with Gasteiger partial charge in [-0.25, -0.2) is 4.68 Å². The third-order valence-electron chi connectivity index (χ3n) is 3.64. The van der Waals surface area contributed by atoms with Crippen LogP contribution in [0.15, 0.2) is 29.8 Å². The van der Waals surface area contributed by atoms with Crippen LogP contribution in [0, 0.1) is 15.2 Å². The van der Waals surface area contributed by atoms with Gasteiger partial charge < -0.3 is 0 Å². The van der Waals surface area contributed by atoms with Crippen molar-refractivity contribution in [3.8, 4) is 0 Å². The molecule has 18 heavy (non-hydrogen) atoms. The van der Waals surface area contributed by atoms with Crippen LogP contribution in [0.2, 0.25) is 0 Å². The summed E-state index contributed by atoms with van der Waals surface area (Å²) in [7, 11) is 0. The SMILES string of the molecule is CC1=Cn2c(=S)c3ccccc3c(=S)n2C[C@H]1C. The second-order valence-corrected chi connectivity index (χ2v) is 5.63. The third-order valence-corrected chi connectivity index (χ3v) is 4.48. The number of rotatable bonds is 0. The van der Waals surface area contributed by atoms with Gasteiger partial charge in [0.2, 0.25) is 0 Å². The van der Waals surface area contributed by atoms with Crippen molar-refractivity contribution in [2.45, 2.75) is 20.4 Å². The van der Waals surface area contributed by atoms with Gasteiger partial charge in [0, 0.05) is 23.5 Å². The summed E-state index contributed by atoms with van der Waals surface area (Å²) in [6.45, 7) is 5.26. The molecule has 1 aromatic heterocycles. The van der Waals surface area contributed by atoms with Crippen LogP contribution in [-0.2, 0) is 6.54 Å². The molecular formula is C14H14N2S2. The first kappa shape index (κ1) is 11.8. The van der Waals surface area contributed by atoms with E-state index in [0.29, 0.717) is 5.92 Å². The predicted molar refractivity (Wildman–Crippen MR) is 80.7 cm³/mol. The maximum atomic E-state index is 5.60. The van der Waals surface area contributed by atoms with Crippen LogP contribution >= 0.6 is 24.4 Å². The molecule has 0 saturated carbocycles. The van der Waals surface area contributed by atoms with E-state index in [2.05, 4.69) is 30.8 Å². The Kier molecular flexibility index (Phi) is 2.72. The number of hydrogen-bond acceptors (Lipinski definition) is 2. The van der Waals surface area contributed by atoms with Crippen LogP contribution in [-0.4, -0.2) is 9.36 Å². The van der Waals surface area contributed by atoms with Crippen molar-refractivity contribution in [2.24, 2.45) is 5.92 Å². The van der Waals surface area contributed by atoms with Gasteiger partial charge >= 0.3 is 0 Å². The summed E-state index contributed by atoms with van der Waals surface area (Å²) in [5.41, 5.74) is 1.34. The summed E-state index contributed by atoms with van der Waals surface area (Å²) in [4.78, 5) is 0. The molecule has 1 aliphatic rings. The highest BCUT2D eigenvalue weighted by Gasteiger charge is 2.16. The van der Waals surface area contributed by atoms with E-state index in [9.17, 15) is 0 Å². The van der Waals surface area contributed by atoms with Gasteiger partial charge in [-0.05, 0) is 12.8 Å². The number of hydrogen-bond donors (Lipinski definition) is 0. The van der Waals surface area contributed by atoms with Crippen molar-refractivity contribution in [1.29, 1.82) is 0 Å². The summed E-state index contributed by atoms with van der Waals surface area (Å²) in [6.07, 6.45) is 2.11. The summed E-state index contributed by atoms with van der Waals surface area (Å²) >= 11 is 11.2. The van der Waals surface area contributed by atoms with E-state index in [4.69, 9.17) is 24.4 Å². The first-order chi connectivity index (χ1) is 8.59. The molecule has 0 N–H and O–H groups in total. The van der Waals surface area contributed by atoms with Gasteiger partial charge in [0.25, 0.3) is 0 Å². The molecule has 1 aliphatic heterocycles. The molecule has 2 nitrogen and oxygen atoms in total. The molecule has 2 heterocycles. The van der Waals surface area contributed by atoms with Gasteiger partial charge in [-0.3, -0.25) is 4.68 Å². The van der Waals surface area contributed by atoms with E-state index in [1.54, 1.807) is 0 Å². The Morgan fingerprint density at radius 1 is 1.11 bits per heavy atom. The van der Waals surface area contributed by atoms with Crippen LogP contribution in [0.4, 0.5) is 0 Å². The minimum atomic E-state index is 0.507. The number of benzene rings is 1. The normalized spacial score (nSPS) is 18.6. The van der Waals surface area contributed by atoms with Crippen LogP contribution in [0.1, 0.15) is 13.8 Å². The van der Waals surface area contributed by atoms with Crippen LogP contribution in [0.5, 0.6) is 0 Å². The molecular weight excluding hydrogens is 260 g/mol. The summed E-state index contributed by atoms with van der Waals surface area (Å²) in [6, 6.07) is 8.12. The Bertz CT molecular complexity index is 780. The van der Waals surface area contributed by atoms with Crippen LogP contribution in [0.25, 0.3) is 17.0 Å². The smallest absolute Gasteiger partial charge is 0.133 e. The van der Waals surface area contributed by atoms with E-state index in [-0.39, 0.29) is 0 Å². The van der Waals surface area contributed by atoms with Crippen molar-refractivity contribution in [3.63, 3.8) is 0 Å². The molecule has 0 amide bonds. The maximum Gasteiger partial charge on any atom is 0.133 e. The third kappa shape index (κ3) is 1.60. The molecule has 0 aliphatic carbocycles. The molecule has 0 bridgehead atoms. The number of nitrogens with zero attached hydrogens (tertiary/aromatic N) is 2. The topological polar surface area (TPSA) is 9.86 Å². The highest BCUT2D eigenvalue weighted by Crippen LogP contribution is 2.24. The molecule has 0 unspecified atom stereocenters. The van der Waals surface area contributed by atoms with E-state index < -0.39 is 0 Å². The van der Waals surface area contributed by atoms with Crippen molar-refractivity contribution in [1.82, 2.24) is 9.36 Å². The van der Waals surface area contributed by atoms with Gasteiger partial charge in [0.05, 0.1) is 0 Å². The molecule has 1 aromatic carbocycles. The Balaban J connectivity index is 2.52. The summed E-state index contributed by atoms with van der Waals surface area (Å²) < 4.78 is 5.84. The minimum absolute atomic E-state index is 0.507. The maximum absolute atomic E-state index is 5.60. The van der Waals surface area contributed by atoms with Crippen molar-refractivity contribution >= 4 is 41.4 Å². The second-order valence-electron chi connectivity index (χ2n) is 4.86. The predicted octanol–water partition coefficient (Wildman–Crippen LogP) is 4.41. The fraction of sp³-hybridized carbons (Fsp3) is 0.286. The molecule has 92 valence electrons. The van der Waals surface area contributed by atoms with Crippen molar-refractivity contribution in [2.75, 3.05) is 0 Å². The number of fused-ring (bicyclic) bond motifs is 2. The lowest BCUT2D eigenvalue weighted by atomic mass is 10.0. The van der Waals surface area contributed by atoms with Gasteiger partial charge in [-0.15, -0.1) is 0 Å². The Morgan fingerprint density at radius 2 is 1.72 bits per heavy atom. The van der Waals surface area contributed by atoms with Crippen LogP contribution < -0.4 is 0 Å². The lowest BCUT2D eigenvalue weighted by molar-refractivity contribution is 0.438. The first-order valence-electron chi connectivity index (χ1n) is 6.02. The average Bonchev–Trinajstić information content (AvgIpc) is 2.38. The largest absolute Gasteiger partial charge is 0.268 e. The van der Waals surface area contributed by atoms with Crippen LogP contribution in [0.3, 0.4) is 0 Å². The molecule has 0 radical (unpaired) electrons. The summed E-state index contributed by atoms with van der Waals surface area (Å²) in [5, 5.41) is 2.14. The van der Waals surface area contributed by atoms with E-state index in [1.165, 1.54) is 5.57 Å². The fourth-order valence-corrected chi connectivity index (χ4v) is 3.02. The highest BCUT2D eigenvalue weighted by atomic mass is 32.1. The lowest BCUT2D eigenvalue weighted by Gasteiger charge is -2.26. The van der Waals surface area contributed by atoms with E-state index in [1.807, 2.05) is 22.9 Å². The zero-order valence-corrected chi connectivity index (χ0v) is 12.0. The average molecular weight is 274 g/mol. The molecule has 1 atom stereocenters. The lowest BCUT2D eigenvalue weighted by Crippen LogP contribution is -2.24. The summed E-state index contributed by atoms with van der Waals surface area (Å²) in [5.74, 6) is 0.507. The Labute approximate surface area is 116 Å². The van der Waals surface area contributed by atoms with Crippen molar-refractivity contribution < 1.29 is 0 Å². The second kappa shape index (κ2) is 4.14. The minimum Gasteiger partial charge on any atom is -0.268 e. The van der Waals surface area contributed by atoms with E-state index in [0.717, 1.165) is 26.6 Å². The highest BCUT2D eigenvalue weighted by molar-refractivity contribution is 7.72. The molecule has 2 aromatic rings. The van der Waals surface area contributed by atoms with Gasteiger partial charge in [-0.2, -0.15) is 0 Å². The quantitative estimate of drug-likeness (QED) is 0.658. The monoisotopic (exact) mass is 274 g/mol. The Hall–Kier alpha value is -1.26. The molecule has 4 heteroatoms. The fourth-order valence-electron chi connectivity index (χ4n) is 2.35. The first-order valence-corrected chi connectivity index (χ1v) is 6.84. The Morgan fingerprint density at radius 3 is 2.39 bits per heavy atom. The standard InChI is InChI=1S/C14H14N2S2/c1-9-7-15-13(17)11-5-3-4-6-12(11)14(18)16(15)8-10(9)2/h3-7,10H,8H2,1-2H3/t10-/m1/s1. The van der Waals surface area contributed by atoms with Crippen molar-refractivity contribution in [3.05, 3.63) is 39.1 Å². The molecule has 3 rings (SSSR count). The van der Waals surface area contributed by atoms with E-state index >= 15 is 0 Å². The zero-order chi connectivity index (χ0) is 12.9. The van der Waals surface area contributed by atoms with Gasteiger partial charge in [0.15, 0.2) is 0 Å². The molecule has 0 fully saturated rings. The number of aromatic nitrogens is 2. The van der Waals surface area contributed by atoms with Gasteiger partial charge in [-0.1, -0.05) is 61.2 Å². The molecule has 0 spiro atoms. The van der Waals surface area contributed by atoms with Gasteiger partial charge in [0.1, 0.15) is 9.28 Å². The zero-order valence-electron chi connectivity index (χ0n) is 10.4. The number of allylic oxidation sites excluding steroid dienone is 1.